The lowest BCUT2D eigenvalue weighted by atomic mass is 10.4. The Kier molecular flexibility index (Phi) is 4.36. The standard InChI is InChI=1S/C5H7N3.H3O4P/c6-4-2-1-3-8-5(4)7;1-5(2,3)4/h1-3H,6H2,(H2,7,8);(H3,1,2,3,4). The van der Waals surface area contributed by atoms with Crippen LogP contribution in [0.5, 0.6) is 0 Å². The second-order valence-corrected chi connectivity index (χ2v) is 3.02. The van der Waals surface area contributed by atoms with E-state index in [4.69, 9.17) is 30.7 Å². The number of hydrogen-bond donors (Lipinski definition) is 5. The van der Waals surface area contributed by atoms with E-state index in [2.05, 4.69) is 4.98 Å². The van der Waals surface area contributed by atoms with Crippen molar-refractivity contribution in [2.24, 2.45) is 0 Å². The van der Waals surface area contributed by atoms with Crippen molar-refractivity contribution >= 4 is 19.3 Å². The maximum absolute atomic E-state index is 8.88. The Bertz CT molecular complexity index is 283. The van der Waals surface area contributed by atoms with Gasteiger partial charge in [0, 0.05) is 6.20 Å². The zero-order valence-corrected chi connectivity index (χ0v) is 7.43. The Morgan fingerprint density at radius 2 is 1.77 bits per heavy atom. The molecule has 1 rings (SSSR count). The highest BCUT2D eigenvalue weighted by atomic mass is 31.2. The average Bonchev–Trinajstić information content (AvgIpc) is 1.92. The molecule has 7 nitrogen and oxygen atoms in total. The zero-order valence-electron chi connectivity index (χ0n) is 6.53. The van der Waals surface area contributed by atoms with Gasteiger partial charge in [0.2, 0.25) is 0 Å². The van der Waals surface area contributed by atoms with E-state index in [-0.39, 0.29) is 0 Å². The van der Waals surface area contributed by atoms with Crippen LogP contribution < -0.4 is 11.5 Å². The molecule has 0 radical (unpaired) electrons. The van der Waals surface area contributed by atoms with Crippen LogP contribution in [0.4, 0.5) is 11.5 Å². The molecule has 0 fully saturated rings. The summed E-state index contributed by atoms with van der Waals surface area (Å²) in [7, 11) is -4.64. The van der Waals surface area contributed by atoms with Crippen LogP contribution in [-0.4, -0.2) is 19.7 Å². The molecule has 0 amide bonds. The fraction of sp³-hybridized carbons (Fsp3) is 0. The molecule has 13 heavy (non-hydrogen) atoms. The predicted octanol–water partition coefficient (Wildman–Crippen LogP) is -0.683. The Morgan fingerprint density at radius 3 is 2.00 bits per heavy atom. The largest absolute Gasteiger partial charge is 0.466 e. The first-order valence-electron chi connectivity index (χ1n) is 3.05. The molecular weight excluding hydrogens is 197 g/mol. The molecular formula is C5H10N3O4P. The van der Waals surface area contributed by atoms with Crippen molar-refractivity contribution < 1.29 is 19.2 Å². The van der Waals surface area contributed by atoms with Gasteiger partial charge in [-0.25, -0.2) is 9.55 Å². The van der Waals surface area contributed by atoms with E-state index in [0.717, 1.165) is 0 Å². The van der Waals surface area contributed by atoms with E-state index in [0.29, 0.717) is 11.5 Å². The van der Waals surface area contributed by atoms with E-state index in [1.807, 2.05) is 0 Å². The monoisotopic (exact) mass is 207 g/mol. The first-order valence-corrected chi connectivity index (χ1v) is 4.61. The van der Waals surface area contributed by atoms with Crippen LogP contribution in [-0.2, 0) is 4.57 Å². The van der Waals surface area contributed by atoms with Crippen LogP contribution in [0.2, 0.25) is 0 Å². The average molecular weight is 207 g/mol. The molecule has 0 aromatic carbocycles. The molecule has 0 atom stereocenters. The number of rotatable bonds is 0. The summed E-state index contributed by atoms with van der Waals surface area (Å²) in [5.41, 5.74) is 11.2. The van der Waals surface area contributed by atoms with Crippen molar-refractivity contribution in [3.8, 4) is 0 Å². The van der Waals surface area contributed by atoms with Crippen molar-refractivity contribution in [1.82, 2.24) is 4.98 Å². The fourth-order valence-electron chi connectivity index (χ4n) is 0.430. The third-order valence-corrected chi connectivity index (χ3v) is 0.871. The number of nitrogens with two attached hydrogens (primary N) is 2. The van der Waals surface area contributed by atoms with Gasteiger partial charge in [0.15, 0.2) is 0 Å². The molecule has 0 aliphatic rings. The zero-order chi connectivity index (χ0) is 10.5. The maximum Gasteiger partial charge on any atom is 0.466 e. The van der Waals surface area contributed by atoms with Crippen molar-refractivity contribution in [2.75, 3.05) is 11.5 Å². The van der Waals surface area contributed by atoms with Crippen molar-refractivity contribution in [3.63, 3.8) is 0 Å². The molecule has 7 N–H and O–H groups in total. The maximum atomic E-state index is 8.88. The third kappa shape index (κ3) is 8.77. The summed E-state index contributed by atoms with van der Waals surface area (Å²) in [6, 6.07) is 3.45. The highest BCUT2D eigenvalue weighted by Crippen LogP contribution is 2.25. The molecule has 0 bridgehead atoms. The van der Waals surface area contributed by atoms with Crippen LogP contribution in [0.25, 0.3) is 0 Å². The van der Waals surface area contributed by atoms with Gasteiger partial charge >= 0.3 is 7.82 Å². The van der Waals surface area contributed by atoms with Crippen LogP contribution in [0.1, 0.15) is 0 Å². The predicted molar refractivity (Wildman–Crippen MR) is 47.3 cm³/mol. The van der Waals surface area contributed by atoms with Crippen LogP contribution in [0, 0.1) is 0 Å². The summed E-state index contributed by atoms with van der Waals surface area (Å²) in [5.74, 6) is 0.396. The van der Waals surface area contributed by atoms with Crippen molar-refractivity contribution in [2.45, 2.75) is 0 Å². The Hall–Kier alpha value is -1.14. The van der Waals surface area contributed by atoms with Crippen molar-refractivity contribution in [1.29, 1.82) is 0 Å². The van der Waals surface area contributed by atoms with Gasteiger partial charge in [-0.1, -0.05) is 0 Å². The van der Waals surface area contributed by atoms with Gasteiger partial charge in [0.05, 0.1) is 5.69 Å². The minimum atomic E-state index is -4.64. The minimum absolute atomic E-state index is 0.396. The van der Waals surface area contributed by atoms with Crippen LogP contribution in [0.3, 0.4) is 0 Å². The van der Waals surface area contributed by atoms with E-state index in [1.54, 1.807) is 18.3 Å². The number of aromatic nitrogens is 1. The van der Waals surface area contributed by atoms with Gasteiger partial charge in [-0.2, -0.15) is 0 Å². The number of hydrogen-bond acceptors (Lipinski definition) is 4. The summed E-state index contributed by atoms with van der Waals surface area (Å²) in [6.45, 7) is 0. The lowest BCUT2D eigenvalue weighted by Crippen LogP contribution is -1.95. The third-order valence-electron chi connectivity index (χ3n) is 0.871. The van der Waals surface area contributed by atoms with E-state index in [9.17, 15) is 0 Å². The van der Waals surface area contributed by atoms with Crippen LogP contribution >= 0.6 is 7.82 Å². The quantitative estimate of drug-likeness (QED) is 0.354. The number of nitrogens with zero attached hydrogens (tertiary/aromatic N) is 1. The second-order valence-electron chi connectivity index (χ2n) is 1.99. The summed E-state index contributed by atoms with van der Waals surface area (Å²) in [4.78, 5) is 25.3. The van der Waals surface area contributed by atoms with E-state index < -0.39 is 7.82 Å². The minimum Gasteiger partial charge on any atom is -0.396 e. The molecule has 8 heteroatoms. The molecule has 1 aromatic heterocycles. The Morgan fingerprint density at radius 1 is 1.31 bits per heavy atom. The summed E-state index contributed by atoms with van der Waals surface area (Å²) >= 11 is 0. The molecule has 0 saturated heterocycles. The smallest absolute Gasteiger partial charge is 0.396 e. The van der Waals surface area contributed by atoms with E-state index >= 15 is 0 Å². The van der Waals surface area contributed by atoms with E-state index in [1.165, 1.54) is 0 Å². The first-order chi connectivity index (χ1) is 5.80. The number of nitrogen functional groups attached to an aromatic ring is 2. The second kappa shape index (κ2) is 4.78. The Labute approximate surface area is 74.3 Å². The normalized spacial score (nSPS) is 10.1. The fourth-order valence-corrected chi connectivity index (χ4v) is 0.430. The van der Waals surface area contributed by atoms with Crippen molar-refractivity contribution in [3.05, 3.63) is 18.3 Å². The molecule has 0 aliphatic heterocycles. The topological polar surface area (TPSA) is 143 Å². The van der Waals surface area contributed by atoms with Crippen LogP contribution in [0.15, 0.2) is 18.3 Å². The van der Waals surface area contributed by atoms with Gasteiger partial charge in [-0.15, -0.1) is 0 Å². The highest BCUT2D eigenvalue weighted by molar-refractivity contribution is 7.45. The molecule has 0 saturated carbocycles. The SMILES string of the molecule is Nc1cccnc1N.O=P(O)(O)O. The Balaban J connectivity index is 0.000000252. The van der Waals surface area contributed by atoms with Gasteiger partial charge in [-0.05, 0) is 12.1 Å². The lowest BCUT2D eigenvalue weighted by molar-refractivity contribution is 0.275. The molecule has 1 aromatic rings. The summed E-state index contributed by atoms with van der Waals surface area (Å²) in [6.07, 6.45) is 1.60. The lowest BCUT2D eigenvalue weighted by Gasteiger charge is -1.92. The van der Waals surface area contributed by atoms with Gasteiger partial charge in [0.1, 0.15) is 5.82 Å². The molecule has 74 valence electrons. The van der Waals surface area contributed by atoms with Gasteiger partial charge in [-0.3, -0.25) is 0 Å². The van der Waals surface area contributed by atoms with Gasteiger partial charge < -0.3 is 26.1 Å². The van der Waals surface area contributed by atoms with Gasteiger partial charge in [0.25, 0.3) is 0 Å². The summed E-state index contributed by atoms with van der Waals surface area (Å²) < 4.78 is 8.88. The molecule has 0 unspecified atom stereocenters. The number of phosphoric acid groups is 1. The first kappa shape index (κ1) is 11.9. The highest BCUT2D eigenvalue weighted by Gasteiger charge is 2.00. The molecule has 1 heterocycles. The molecule has 0 spiro atoms. The number of pyridine rings is 1. The molecule has 0 aliphatic carbocycles. The summed E-state index contributed by atoms with van der Waals surface area (Å²) in [5, 5.41) is 0. The number of anilines is 2.